The van der Waals surface area contributed by atoms with Crippen LogP contribution in [0.25, 0.3) is 0 Å². The SMILES string of the molecule is Fc1cc(Cl)ccc1NCc1ccncc1Cl. The summed E-state index contributed by atoms with van der Waals surface area (Å²) in [5.74, 6) is -0.386. The van der Waals surface area contributed by atoms with Crippen LogP contribution in [0.2, 0.25) is 10.0 Å². The van der Waals surface area contributed by atoms with Gasteiger partial charge in [-0.25, -0.2) is 4.39 Å². The van der Waals surface area contributed by atoms with E-state index in [9.17, 15) is 4.39 Å². The maximum absolute atomic E-state index is 13.5. The first-order valence-electron chi connectivity index (χ1n) is 4.94. The highest BCUT2D eigenvalue weighted by molar-refractivity contribution is 6.31. The molecule has 0 aliphatic heterocycles. The summed E-state index contributed by atoms with van der Waals surface area (Å²) in [7, 11) is 0. The van der Waals surface area contributed by atoms with E-state index < -0.39 is 0 Å². The lowest BCUT2D eigenvalue weighted by molar-refractivity contribution is 0.630. The first-order valence-corrected chi connectivity index (χ1v) is 5.70. The molecule has 1 N–H and O–H groups in total. The molecule has 88 valence electrons. The Labute approximate surface area is 108 Å². The molecule has 5 heteroatoms. The van der Waals surface area contributed by atoms with Gasteiger partial charge >= 0.3 is 0 Å². The van der Waals surface area contributed by atoms with Gasteiger partial charge in [-0.2, -0.15) is 0 Å². The molecule has 0 aliphatic rings. The topological polar surface area (TPSA) is 24.9 Å². The number of aromatic nitrogens is 1. The molecule has 0 fully saturated rings. The second-order valence-corrected chi connectivity index (χ2v) is 4.29. The van der Waals surface area contributed by atoms with E-state index in [2.05, 4.69) is 10.3 Å². The molecule has 2 aromatic rings. The molecule has 0 saturated carbocycles. The van der Waals surface area contributed by atoms with Crippen LogP contribution in [0.4, 0.5) is 10.1 Å². The second-order valence-electron chi connectivity index (χ2n) is 3.44. The summed E-state index contributed by atoms with van der Waals surface area (Å²) in [5, 5.41) is 3.87. The van der Waals surface area contributed by atoms with Gasteiger partial charge in [0.15, 0.2) is 0 Å². The molecule has 0 spiro atoms. The monoisotopic (exact) mass is 270 g/mol. The van der Waals surface area contributed by atoms with Crippen LogP contribution >= 0.6 is 23.2 Å². The van der Waals surface area contributed by atoms with Crippen molar-refractivity contribution >= 4 is 28.9 Å². The minimum Gasteiger partial charge on any atom is -0.379 e. The van der Waals surface area contributed by atoms with E-state index in [-0.39, 0.29) is 5.82 Å². The van der Waals surface area contributed by atoms with E-state index in [1.165, 1.54) is 6.07 Å². The van der Waals surface area contributed by atoms with E-state index in [1.807, 2.05) is 0 Å². The summed E-state index contributed by atoms with van der Waals surface area (Å²) < 4.78 is 13.5. The van der Waals surface area contributed by atoms with E-state index in [0.717, 1.165) is 5.56 Å². The number of nitrogens with one attached hydrogen (secondary N) is 1. The van der Waals surface area contributed by atoms with Gasteiger partial charge in [-0.05, 0) is 29.8 Å². The molecular formula is C12H9Cl2FN2. The zero-order chi connectivity index (χ0) is 12.3. The third kappa shape index (κ3) is 3.08. The summed E-state index contributed by atoms with van der Waals surface area (Å²) in [4.78, 5) is 3.88. The van der Waals surface area contributed by atoms with Crippen LogP contribution in [0.15, 0.2) is 36.7 Å². The highest BCUT2D eigenvalue weighted by Crippen LogP contribution is 2.21. The molecule has 17 heavy (non-hydrogen) atoms. The van der Waals surface area contributed by atoms with E-state index in [1.54, 1.807) is 30.6 Å². The van der Waals surface area contributed by atoms with Crippen LogP contribution in [-0.2, 0) is 6.54 Å². The summed E-state index contributed by atoms with van der Waals surface area (Å²) >= 11 is 11.6. The third-order valence-corrected chi connectivity index (χ3v) is 2.83. The molecular weight excluding hydrogens is 262 g/mol. The largest absolute Gasteiger partial charge is 0.379 e. The van der Waals surface area contributed by atoms with Crippen molar-refractivity contribution < 1.29 is 4.39 Å². The maximum Gasteiger partial charge on any atom is 0.147 e. The third-order valence-electron chi connectivity index (χ3n) is 2.26. The minimum absolute atomic E-state index is 0.370. The average molecular weight is 271 g/mol. The van der Waals surface area contributed by atoms with Gasteiger partial charge in [-0.3, -0.25) is 4.98 Å². The van der Waals surface area contributed by atoms with Crippen molar-refractivity contribution in [2.45, 2.75) is 6.54 Å². The van der Waals surface area contributed by atoms with Crippen molar-refractivity contribution in [3.05, 3.63) is 58.1 Å². The predicted octanol–water partition coefficient (Wildman–Crippen LogP) is 4.14. The number of hydrogen-bond donors (Lipinski definition) is 1. The van der Waals surface area contributed by atoms with E-state index >= 15 is 0 Å². The Morgan fingerprint density at radius 2 is 2.06 bits per heavy atom. The molecule has 0 aliphatic carbocycles. The van der Waals surface area contributed by atoms with Crippen molar-refractivity contribution in [3.8, 4) is 0 Å². The number of pyridine rings is 1. The smallest absolute Gasteiger partial charge is 0.147 e. The Morgan fingerprint density at radius 3 is 2.76 bits per heavy atom. The first kappa shape index (κ1) is 12.1. The summed E-state index contributed by atoms with van der Waals surface area (Å²) in [6.07, 6.45) is 3.19. The fourth-order valence-corrected chi connectivity index (χ4v) is 1.72. The normalized spacial score (nSPS) is 10.3. The number of anilines is 1. The van der Waals surface area contributed by atoms with Crippen LogP contribution < -0.4 is 5.32 Å². The van der Waals surface area contributed by atoms with E-state index in [0.29, 0.717) is 22.3 Å². The summed E-state index contributed by atoms with van der Waals surface area (Å²) in [5.41, 5.74) is 1.25. The number of halogens is 3. The molecule has 1 aromatic heterocycles. The maximum atomic E-state index is 13.5. The number of benzene rings is 1. The minimum atomic E-state index is -0.386. The van der Waals surface area contributed by atoms with Gasteiger partial charge in [0.25, 0.3) is 0 Å². The van der Waals surface area contributed by atoms with Gasteiger partial charge in [0, 0.05) is 24.0 Å². The Hall–Kier alpha value is -1.32. The standard InChI is InChI=1S/C12H9Cl2FN2/c13-9-1-2-12(11(15)5-9)17-6-8-3-4-16-7-10(8)14/h1-5,7,17H,6H2. The Morgan fingerprint density at radius 1 is 1.24 bits per heavy atom. The van der Waals surface area contributed by atoms with Crippen molar-refractivity contribution in [2.24, 2.45) is 0 Å². The lowest BCUT2D eigenvalue weighted by atomic mass is 10.2. The molecule has 0 atom stereocenters. The fourth-order valence-electron chi connectivity index (χ4n) is 1.37. The predicted molar refractivity (Wildman–Crippen MR) is 68.0 cm³/mol. The van der Waals surface area contributed by atoms with Crippen LogP contribution in [-0.4, -0.2) is 4.98 Å². The highest BCUT2D eigenvalue weighted by Gasteiger charge is 2.04. The van der Waals surface area contributed by atoms with Crippen LogP contribution in [0.1, 0.15) is 5.56 Å². The summed E-state index contributed by atoms with van der Waals surface area (Å²) in [6.45, 7) is 0.430. The lowest BCUT2D eigenvalue weighted by Crippen LogP contribution is -2.02. The quantitative estimate of drug-likeness (QED) is 0.907. The lowest BCUT2D eigenvalue weighted by Gasteiger charge is -2.08. The zero-order valence-corrected chi connectivity index (χ0v) is 10.3. The van der Waals surface area contributed by atoms with Crippen molar-refractivity contribution in [1.29, 1.82) is 0 Å². The Bertz CT molecular complexity index is 532. The molecule has 0 saturated heterocycles. The van der Waals surface area contributed by atoms with Gasteiger partial charge < -0.3 is 5.32 Å². The molecule has 1 aromatic carbocycles. The van der Waals surface area contributed by atoms with E-state index in [4.69, 9.17) is 23.2 Å². The van der Waals surface area contributed by atoms with Crippen molar-refractivity contribution in [3.63, 3.8) is 0 Å². The van der Waals surface area contributed by atoms with Gasteiger partial charge in [-0.15, -0.1) is 0 Å². The summed E-state index contributed by atoms with van der Waals surface area (Å²) in [6, 6.07) is 6.26. The van der Waals surface area contributed by atoms with Gasteiger partial charge in [0.05, 0.1) is 10.7 Å². The van der Waals surface area contributed by atoms with Gasteiger partial charge in [-0.1, -0.05) is 23.2 Å². The van der Waals surface area contributed by atoms with Crippen molar-refractivity contribution in [1.82, 2.24) is 4.98 Å². The number of rotatable bonds is 3. The second kappa shape index (κ2) is 5.34. The number of nitrogens with zero attached hydrogens (tertiary/aromatic N) is 1. The molecule has 0 bridgehead atoms. The molecule has 0 amide bonds. The molecule has 2 nitrogen and oxygen atoms in total. The first-order chi connectivity index (χ1) is 8.16. The van der Waals surface area contributed by atoms with Crippen molar-refractivity contribution in [2.75, 3.05) is 5.32 Å². The molecule has 2 rings (SSSR count). The fraction of sp³-hybridized carbons (Fsp3) is 0.0833. The Kier molecular flexibility index (Phi) is 3.82. The van der Waals surface area contributed by atoms with Gasteiger partial charge in [0.1, 0.15) is 5.82 Å². The molecule has 0 unspecified atom stereocenters. The van der Waals surface area contributed by atoms with Crippen LogP contribution in [0.5, 0.6) is 0 Å². The average Bonchev–Trinajstić information content (AvgIpc) is 2.30. The molecule has 0 radical (unpaired) electrons. The van der Waals surface area contributed by atoms with Crippen LogP contribution in [0.3, 0.4) is 0 Å². The Balaban J connectivity index is 2.10. The number of hydrogen-bond acceptors (Lipinski definition) is 2. The van der Waals surface area contributed by atoms with Crippen LogP contribution in [0, 0.1) is 5.82 Å². The molecule has 1 heterocycles. The zero-order valence-electron chi connectivity index (χ0n) is 8.75. The van der Waals surface area contributed by atoms with Gasteiger partial charge in [0.2, 0.25) is 0 Å². The highest BCUT2D eigenvalue weighted by atomic mass is 35.5.